The SMILES string of the molecule is Cc1c(Cl)cccc1NC(=O)C1CC(=O)N(c2cccc(Cl)c2C)C1. The number of halogens is 2. The van der Waals surface area contributed by atoms with Crippen LogP contribution in [0, 0.1) is 19.8 Å². The minimum atomic E-state index is -0.413. The van der Waals surface area contributed by atoms with Gasteiger partial charge in [-0.1, -0.05) is 35.3 Å². The molecule has 2 amide bonds. The lowest BCUT2D eigenvalue weighted by molar-refractivity contribution is -0.122. The summed E-state index contributed by atoms with van der Waals surface area (Å²) in [7, 11) is 0. The van der Waals surface area contributed by atoms with Gasteiger partial charge in [0.1, 0.15) is 0 Å². The van der Waals surface area contributed by atoms with Gasteiger partial charge in [-0.15, -0.1) is 0 Å². The molecule has 1 saturated heterocycles. The Bertz CT molecular complexity index is 851. The van der Waals surface area contributed by atoms with E-state index in [9.17, 15) is 9.59 Å². The molecular formula is C19H18Cl2N2O2. The number of hydrogen-bond acceptors (Lipinski definition) is 2. The first-order valence-electron chi connectivity index (χ1n) is 8.00. The molecule has 1 aliphatic rings. The zero-order valence-electron chi connectivity index (χ0n) is 14.0. The molecular weight excluding hydrogens is 359 g/mol. The first kappa shape index (κ1) is 17.8. The minimum absolute atomic E-state index is 0.0756. The highest BCUT2D eigenvalue weighted by Gasteiger charge is 2.36. The van der Waals surface area contributed by atoms with Crippen molar-refractivity contribution in [3.8, 4) is 0 Å². The maximum atomic E-state index is 12.6. The summed E-state index contributed by atoms with van der Waals surface area (Å²) in [5, 5.41) is 4.08. The van der Waals surface area contributed by atoms with Crippen LogP contribution >= 0.6 is 23.2 Å². The first-order valence-corrected chi connectivity index (χ1v) is 8.75. The Labute approximate surface area is 156 Å². The molecule has 25 heavy (non-hydrogen) atoms. The summed E-state index contributed by atoms with van der Waals surface area (Å²) in [6.45, 7) is 4.05. The van der Waals surface area contributed by atoms with E-state index in [4.69, 9.17) is 23.2 Å². The third kappa shape index (κ3) is 3.51. The van der Waals surface area contributed by atoms with Gasteiger partial charge in [0, 0.05) is 34.4 Å². The van der Waals surface area contributed by atoms with Crippen molar-refractivity contribution in [2.45, 2.75) is 20.3 Å². The molecule has 0 aliphatic carbocycles. The number of hydrogen-bond donors (Lipinski definition) is 1. The van der Waals surface area contributed by atoms with Gasteiger partial charge in [-0.2, -0.15) is 0 Å². The normalized spacial score (nSPS) is 17.0. The Hall–Kier alpha value is -2.04. The van der Waals surface area contributed by atoms with E-state index in [-0.39, 0.29) is 18.2 Å². The van der Waals surface area contributed by atoms with Crippen molar-refractivity contribution in [1.82, 2.24) is 0 Å². The van der Waals surface area contributed by atoms with Gasteiger partial charge in [0.05, 0.1) is 5.92 Å². The van der Waals surface area contributed by atoms with Crippen LogP contribution in [-0.2, 0) is 9.59 Å². The third-order valence-electron chi connectivity index (χ3n) is 4.55. The highest BCUT2D eigenvalue weighted by Crippen LogP contribution is 2.32. The summed E-state index contributed by atoms with van der Waals surface area (Å²) in [5.74, 6) is -0.668. The van der Waals surface area contributed by atoms with Crippen LogP contribution in [0.15, 0.2) is 36.4 Å². The standard InChI is InChI=1S/C19H18Cl2N2O2/c1-11-14(20)5-3-7-16(11)22-19(25)13-9-18(24)23(10-13)17-8-4-6-15(21)12(17)2/h3-8,13H,9-10H2,1-2H3,(H,22,25). The van der Waals surface area contributed by atoms with Crippen LogP contribution in [0.4, 0.5) is 11.4 Å². The summed E-state index contributed by atoms with van der Waals surface area (Å²) in [6, 6.07) is 10.8. The zero-order valence-corrected chi connectivity index (χ0v) is 15.5. The number of rotatable bonds is 3. The minimum Gasteiger partial charge on any atom is -0.325 e. The van der Waals surface area contributed by atoms with Crippen molar-refractivity contribution >= 4 is 46.4 Å². The van der Waals surface area contributed by atoms with Gasteiger partial charge in [-0.05, 0) is 49.2 Å². The van der Waals surface area contributed by atoms with Crippen LogP contribution in [0.1, 0.15) is 17.5 Å². The number of anilines is 2. The molecule has 0 aromatic heterocycles. The van der Waals surface area contributed by atoms with Gasteiger partial charge in [0.2, 0.25) is 11.8 Å². The Morgan fingerprint density at radius 3 is 2.44 bits per heavy atom. The number of carbonyl (C=O) groups excluding carboxylic acids is 2. The van der Waals surface area contributed by atoms with E-state index in [0.717, 1.165) is 16.8 Å². The lowest BCUT2D eigenvalue weighted by atomic mass is 10.1. The lowest BCUT2D eigenvalue weighted by Gasteiger charge is -2.20. The summed E-state index contributed by atoms with van der Waals surface area (Å²) in [5.41, 5.74) is 3.07. The fraction of sp³-hybridized carbons (Fsp3) is 0.263. The van der Waals surface area contributed by atoms with Crippen LogP contribution in [0.25, 0.3) is 0 Å². The molecule has 3 rings (SSSR count). The van der Waals surface area contributed by atoms with Crippen molar-refractivity contribution in [2.24, 2.45) is 5.92 Å². The van der Waals surface area contributed by atoms with E-state index in [1.165, 1.54) is 0 Å². The molecule has 4 nitrogen and oxygen atoms in total. The number of nitrogens with zero attached hydrogens (tertiary/aromatic N) is 1. The first-order chi connectivity index (χ1) is 11.9. The number of carbonyl (C=O) groups is 2. The summed E-state index contributed by atoms with van der Waals surface area (Å²) in [6.07, 6.45) is 0.178. The Kier molecular flexibility index (Phi) is 5.02. The molecule has 1 atom stereocenters. The van der Waals surface area contributed by atoms with Crippen LogP contribution in [0.5, 0.6) is 0 Å². The summed E-state index contributed by atoms with van der Waals surface area (Å²) >= 11 is 12.2. The van der Waals surface area contributed by atoms with E-state index in [2.05, 4.69) is 5.32 Å². The van der Waals surface area contributed by atoms with Gasteiger partial charge >= 0.3 is 0 Å². The molecule has 1 unspecified atom stereocenters. The molecule has 6 heteroatoms. The maximum Gasteiger partial charge on any atom is 0.229 e. The van der Waals surface area contributed by atoms with Crippen molar-refractivity contribution in [3.63, 3.8) is 0 Å². The van der Waals surface area contributed by atoms with E-state index in [1.54, 1.807) is 35.2 Å². The Morgan fingerprint density at radius 1 is 1.08 bits per heavy atom. The molecule has 1 N–H and O–H groups in total. The quantitative estimate of drug-likeness (QED) is 0.850. The van der Waals surface area contributed by atoms with Gasteiger partial charge in [-0.25, -0.2) is 0 Å². The van der Waals surface area contributed by atoms with E-state index >= 15 is 0 Å². The smallest absolute Gasteiger partial charge is 0.229 e. The van der Waals surface area contributed by atoms with Crippen LogP contribution in [0.2, 0.25) is 10.0 Å². The fourth-order valence-corrected chi connectivity index (χ4v) is 3.33. The average molecular weight is 377 g/mol. The molecule has 0 radical (unpaired) electrons. The highest BCUT2D eigenvalue weighted by molar-refractivity contribution is 6.32. The number of benzene rings is 2. The highest BCUT2D eigenvalue weighted by atomic mass is 35.5. The predicted molar refractivity (Wildman–Crippen MR) is 101 cm³/mol. The van der Waals surface area contributed by atoms with Crippen LogP contribution < -0.4 is 10.2 Å². The van der Waals surface area contributed by atoms with Gasteiger partial charge in [0.15, 0.2) is 0 Å². The lowest BCUT2D eigenvalue weighted by Crippen LogP contribution is -2.28. The second-order valence-corrected chi connectivity index (χ2v) is 7.01. The predicted octanol–water partition coefficient (Wildman–Crippen LogP) is 4.60. The summed E-state index contributed by atoms with van der Waals surface area (Å²) < 4.78 is 0. The number of amides is 2. The van der Waals surface area contributed by atoms with E-state index in [0.29, 0.717) is 22.3 Å². The van der Waals surface area contributed by atoms with Gasteiger partial charge < -0.3 is 10.2 Å². The number of nitrogens with one attached hydrogen (secondary N) is 1. The van der Waals surface area contributed by atoms with Crippen LogP contribution in [-0.4, -0.2) is 18.4 Å². The van der Waals surface area contributed by atoms with E-state index in [1.807, 2.05) is 19.9 Å². The molecule has 1 fully saturated rings. The van der Waals surface area contributed by atoms with Crippen LogP contribution in [0.3, 0.4) is 0 Å². The monoisotopic (exact) mass is 376 g/mol. The van der Waals surface area contributed by atoms with Crippen molar-refractivity contribution in [2.75, 3.05) is 16.8 Å². The molecule has 0 bridgehead atoms. The van der Waals surface area contributed by atoms with Crippen molar-refractivity contribution < 1.29 is 9.59 Å². The summed E-state index contributed by atoms with van der Waals surface area (Å²) in [4.78, 5) is 26.6. The molecule has 2 aromatic carbocycles. The molecule has 130 valence electrons. The van der Waals surface area contributed by atoms with E-state index < -0.39 is 5.92 Å². The third-order valence-corrected chi connectivity index (χ3v) is 5.37. The molecule has 0 spiro atoms. The van der Waals surface area contributed by atoms with Crippen molar-refractivity contribution in [3.05, 3.63) is 57.6 Å². The largest absolute Gasteiger partial charge is 0.325 e. The fourth-order valence-electron chi connectivity index (χ4n) is 2.98. The molecule has 1 aliphatic heterocycles. The topological polar surface area (TPSA) is 49.4 Å². The Balaban J connectivity index is 1.77. The van der Waals surface area contributed by atoms with Crippen molar-refractivity contribution in [1.29, 1.82) is 0 Å². The molecule has 2 aromatic rings. The van der Waals surface area contributed by atoms with Gasteiger partial charge in [-0.3, -0.25) is 9.59 Å². The second kappa shape index (κ2) is 7.06. The zero-order chi connectivity index (χ0) is 18.1. The Morgan fingerprint density at radius 2 is 1.72 bits per heavy atom. The maximum absolute atomic E-state index is 12.6. The second-order valence-electron chi connectivity index (χ2n) is 6.19. The molecule has 1 heterocycles. The molecule has 0 saturated carbocycles. The average Bonchev–Trinajstić information content (AvgIpc) is 2.96. The van der Waals surface area contributed by atoms with Gasteiger partial charge in [0.25, 0.3) is 0 Å².